The van der Waals surface area contributed by atoms with E-state index in [0.717, 1.165) is 83.5 Å². The molecule has 1 fully saturated rings. The van der Waals surface area contributed by atoms with Crippen LogP contribution in [0.5, 0.6) is 0 Å². The monoisotopic (exact) mass is 964 g/mol. The summed E-state index contributed by atoms with van der Waals surface area (Å²) in [6.07, 6.45) is 41.8. The van der Waals surface area contributed by atoms with E-state index in [1.165, 1.54) is 122 Å². The molecule has 1 rings (SSSR count). The lowest BCUT2D eigenvalue weighted by Gasteiger charge is -2.41. The predicted molar refractivity (Wildman–Crippen MR) is 278 cm³/mol. The minimum atomic E-state index is -1.61. The molecular weight excluding hydrogens is 859 g/mol. The Morgan fingerprint density at radius 2 is 1.00 bits per heavy atom. The van der Waals surface area contributed by atoms with Crippen LogP contribution in [0.15, 0.2) is 36.5 Å². The number of carbonyl (C=O) groups is 2. The second-order valence-electron chi connectivity index (χ2n) is 19.7. The molecule has 0 aromatic carbocycles. The lowest BCUT2D eigenvalue weighted by atomic mass is 9.99. The van der Waals surface area contributed by atoms with E-state index >= 15 is 0 Å². The lowest BCUT2D eigenvalue weighted by molar-refractivity contribution is -0.305. The smallest absolute Gasteiger partial charge is 0.306 e. The predicted octanol–water partition coefficient (Wildman–Crippen LogP) is 12.3. The highest BCUT2D eigenvalue weighted by Crippen LogP contribution is 2.26. The molecule has 398 valence electrons. The third-order valence-electron chi connectivity index (χ3n) is 13.3. The molecule has 1 saturated heterocycles. The van der Waals surface area contributed by atoms with E-state index in [4.69, 9.17) is 14.2 Å². The Kier molecular flexibility index (Phi) is 43.2. The Labute approximate surface area is 415 Å². The maximum absolute atomic E-state index is 13.3. The summed E-state index contributed by atoms with van der Waals surface area (Å²) in [5.41, 5.74) is 0. The molecule has 0 aromatic rings. The van der Waals surface area contributed by atoms with E-state index in [2.05, 4.69) is 50.4 Å². The lowest BCUT2D eigenvalue weighted by Crippen LogP contribution is -2.61. The number of aliphatic hydroxyl groups is 5. The quantitative estimate of drug-likeness (QED) is 0.0149. The molecule has 1 aliphatic heterocycles. The van der Waals surface area contributed by atoms with Crippen molar-refractivity contribution in [2.75, 3.05) is 13.2 Å². The largest absolute Gasteiger partial charge is 0.454 e. The van der Waals surface area contributed by atoms with E-state index in [9.17, 15) is 35.1 Å². The van der Waals surface area contributed by atoms with E-state index in [1.807, 2.05) is 6.08 Å². The Balaban J connectivity index is 2.74. The van der Waals surface area contributed by atoms with Crippen molar-refractivity contribution < 1.29 is 49.3 Å². The van der Waals surface area contributed by atoms with Gasteiger partial charge in [0.15, 0.2) is 12.4 Å². The summed E-state index contributed by atoms with van der Waals surface area (Å²) < 4.78 is 17.5. The standard InChI is InChI=1S/C57H105NO10/c1-4-7-10-13-16-19-22-24-25-27-30-33-36-39-42-45-52(62)68-55-54(64)53(63)51(46-59)67-57(55)66-47-48(49(60)43-40-37-34-31-28-21-18-15-12-9-6-3)58-56(65)50(61)44-41-38-35-32-29-26-23-20-17-14-11-8-5-2/h16,19,22,24,40,43,48-51,53-55,57,59-61,63-64H,4-15,17-18,20-21,23,25-39,41-42,44-47H2,1-3H3,(H,58,65)/b19-16+,24-22+,43-40+. The molecule has 0 spiro atoms. The molecule has 8 unspecified atom stereocenters. The normalized spacial score (nSPS) is 20.1. The Morgan fingerprint density at radius 1 is 0.574 bits per heavy atom. The van der Waals surface area contributed by atoms with Crippen LogP contribution in [0.4, 0.5) is 0 Å². The first-order valence-corrected chi connectivity index (χ1v) is 28.3. The molecule has 0 aliphatic carbocycles. The van der Waals surface area contributed by atoms with Crippen LogP contribution in [0.1, 0.15) is 252 Å². The number of rotatable bonds is 47. The van der Waals surface area contributed by atoms with Crippen LogP contribution < -0.4 is 5.32 Å². The number of aliphatic hydroxyl groups excluding tert-OH is 5. The molecule has 11 nitrogen and oxygen atoms in total. The Morgan fingerprint density at radius 3 is 1.50 bits per heavy atom. The van der Waals surface area contributed by atoms with E-state index in [-0.39, 0.29) is 13.0 Å². The molecule has 1 heterocycles. The second kappa shape index (κ2) is 46.0. The van der Waals surface area contributed by atoms with Crippen molar-refractivity contribution >= 4 is 11.9 Å². The van der Waals surface area contributed by atoms with Gasteiger partial charge < -0.3 is 45.1 Å². The van der Waals surface area contributed by atoms with Crippen LogP contribution in [0.2, 0.25) is 0 Å². The molecule has 1 amide bonds. The van der Waals surface area contributed by atoms with Gasteiger partial charge in [-0.05, 0) is 51.4 Å². The van der Waals surface area contributed by atoms with Crippen molar-refractivity contribution in [1.29, 1.82) is 0 Å². The van der Waals surface area contributed by atoms with Crippen molar-refractivity contribution in [1.82, 2.24) is 5.32 Å². The van der Waals surface area contributed by atoms with Crippen molar-refractivity contribution in [2.24, 2.45) is 0 Å². The van der Waals surface area contributed by atoms with Crippen molar-refractivity contribution in [3.8, 4) is 0 Å². The highest BCUT2D eigenvalue weighted by molar-refractivity contribution is 5.80. The number of esters is 1. The molecule has 11 heteroatoms. The minimum absolute atomic E-state index is 0.112. The molecule has 0 bridgehead atoms. The number of hydrogen-bond donors (Lipinski definition) is 6. The van der Waals surface area contributed by atoms with Crippen molar-refractivity contribution in [3.63, 3.8) is 0 Å². The number of unbranched alkanes of at least 4 members (excludes halogenated alkanes) is 30. The molecule has 0 radical (unpaired) electrons. The second-order valence-corrected chi connectivity index (χ2v) is 19.7. The molecule has 8 atom stereocenters. The first-order valence-electron chi connectivity index (χ1n) is 28.3. The Hall–Kier alpha value is -2.12. The van der Waals surface area contributed by atoms with Gasteiger partial charge in [0, 0.05) is 6.42 Å². The van der Waals surface area contributed by atoms with E-state index < -0.39 is 67.4 Å². The summed E-state index contributed by atoms with van der Waals surface area (Å²) in [5, 5.41) is 56.7. The molecular formula is C57H105NO10. The fourth-order valence-corrected chi connectivity index (χ4v) is 8.76. The van der Waals surface area contributed by atoms with Gasteiger partial charge in [-0.1, -0.05) is 231 Å². The SMILES string of the molecule is CCCCC/C=C/C=C/CCCCCCCCC(=O)OC1C(OCC(NC(=O)C(O)CCCCCCCCCCCCCCC)C(O)/C=C/CCCCCCCCCCC)OC(CO)C(O)C1O. The van der Waals surface area contributed by atoms with Gasteiger partial charge in [0.1, 0.15) is 24.4 Å². The van der Waals surface area contributed by atoms with Gasteiger partial charge >= 0.3 is 5.97 Å². The zero-order valence-electron chi connectivity index (χ0n) is 43.7. The third kappa shape index (κ3) is 34.2. The Bertz CT molecular complexity index is 1240. The first kappa shape index (κ1) is 63.9. The average Bonchev–Trinajstić information content (AvgIpc) is 3.33. The van der Waals surface area contributed by atoms with Crippen LogP contribution in [0.3, 0.4) is 0 Å². The number of nitrogens with one attached hydrogen (secondary N) is 1. The zero-order chi connectivity index (χ0) is 49.7. The molecule has 0 saturated carbocycles. The summed E-state index contributed by atoms with van der Waals surface area (Å²) in [5.74, 6) is -1.20. The van der Waals surface area contributed by atoms with Gasteiger partial charge in [-0.15, -0.1) is 0 Å². The highest BCUT2D eigenvalue weighted by atomic mass is 16.7. The number of carbonyl (C=O) groups excluding carboxylic acids is 2. The minimum Gasteiger partial charge on any atom is -0.454 e. The van der Waals surface area contributed by atoms with E-state index in [0.29, 0.717) is 19.3 Å². The number of hydrogen-bond acceptors (Lipinski definition) is 10. The first-order chi connectivity index (χ1) is 33.2. The summed E-state index contributed by atoms with van der Waals surface area (Å²) in [7, 11) is 0. The number of amides is 1. The maximum Gasteiger partial charge on any atom is 0.306 e. The molecule has 6 N–H and O–H groups in total. The highest BCUT2D eigenvalue weighted by Gasteiger charge is 2.47. The maximum atomic E-state index is 13.3. The topological polar surface area (TPSA) is 175 Å². The molecule has 0 aromatic heterocycles. The summed E-state index contributed by atoms with van der Waals surface area (Å²) in [6, 6.07) is -1.02. The molecule has 1 aliphatic rings. The van der Waals surface area contributed by atoms with Gasteiger partial charge in [0.05, 0.1) is 25.4 Å². The van der Waals surface area contributed by atoms with Crippen LogP contribution in [0.25, 0.3) is 0 Å². The summed E-state index contributed by atoms with van der Waals surface area (Å²) >= 11 is 0. The van der Waals surface area contributed by atoms with Gasteiger partial charge in [0.25, 0.3) is 0 Å². The van der Waals surface area contributed by atoms with Crippen molar-refractivity contribution in [3.05, 3.63) is 36.5 Å². The van der Waals surface area contributed by atoms with Gasteiger partial charge in [-0.3, -0.25) is 9.59 Å². The van der Waals surface area contributed by atoms with Crippen LogP contribution in [-0.2, 0) is 23.8 Å². The number of allylic oxidation sites excluding steroid dienone is 5. The zero-order valence-corrected chi connectivity index (χ0v) is 43.7. The fraction of sp³-hybridized carbons (Fsp3) is 0.860. The average molecular weight is 964 g/mol. The van der Waals surface area contributed by atoms with E-state index in [1.54, 1.807) is 6.08 Å². The van der Waals surface area contributed by atoms with Crippen LogP contribution in [0, 0.1) is 0 Å². The third-order valence-corrected chi connectivity index (χ3v) is 13.3. The van der Waals surface area contributed by atoms with Crippen molar-refractivity contribution in [2.45, 2.75) is 301 Å². The van der Waals surface area contributed by atoms with Crippen LogP contribution in [-0.4, -0.2) is 99.6 Å². The van der Waals surface area contributed by atoms with Gasteiger partial charge in [-0.25, -0.2) is 0 Å². The summed E-state index contributed by atoms with van der Waals surface area (Å²) in [6.45, 7) is 5.73. The fourth-order valence-electron chi connectivity index (χ4n) is 8.76. The van der Waals surface area contributed by atoms with Crippen LogP contribution >= 0.6 is 0 Å². The van der Waals surface area contributed by atoms with Gasteiger partial charge in [-0.2, -0.15) is 0 Å². The van der Waals surface area contributed by atoms with Gasteiger partial charge in [0.2, 0.25) is 5.91 Å². The number of ether oxygens (including phenoxy) is 3. The molecule has 68 heavy (non-hydrogen) atoms. The summed E-state index contributed by atoms with van der Waals surface area (Å²) in [4.78, 5) is 26.4.